The highest BCUT2D eigenvalue weighted by Crippen LogP contribution is 2.31. The summed E-state index contributed by atoms with van der Waals surface area (Å²) >= 11 is 0. The fraction of sp³-hybridized carbons (Fsp3) is 0.562. The second kappa shape index (κ2) is 7.16. The van der Waals surface area contributed by atoms with Crippen molar-refractivity contribution < 1.29 is 18.3 Å². The van der Waals surface area contributed by atoms with E-state index < -0.39 is 19.6 Å². The summed E-state index contributed by atoms with van der Waals surface area (Å²) in [5.41, 5.74) is -0.998. The van der Waals surface area contributed by atoms with Gasteiger partial charge in [0.15, 0.2) is 0 Å². The van der Waals surface area contributed by atoms with E-state index >= 15 is 0 Å². The number of hydrogen-bond donors (Lipinski definition) is 0. The molecule has 1 rings (SSSR count). The van der Waals surface area contributed by atoms with Crippen LogP contribution in [0.1, 0.15) is 35.2 Å². The molecule has 0 radical (unpaired) electrons. The predicted octanol–water partition coefficient (Wildman–Crippen LogP) is 4.83. The molecule has 0 saturated carbocycles. The molecule has 0 atom stereocenters. The second-order valence-electron chi connectivity index (χ2n) is 6.41. The van der Waals surface area contributed by atoms with Crippen LogP contribution in [-0.4, -0.2) is 26.2 Å². The first-order valence-corrected chi connectivity index (χ1v) is 10.7. The molecule has 0 aliphatic rings. The van der Waals surface area contributed by atoms with E-state index in [0.29, 0.717) is 18.4 Å². The lowest BCUT2D eigenvalue weighted by Gasteiger charge is -2.28. The van der Waals surface area contributed by atoms with Crippen LogP contribution in [0, 0.1) is 6.92 Å². The first-order chi connectivity index (χ1) is 9.63. The summed E-state index contributed by atoms with van der Waals surface area (Å²) in [7, 11) is -2.47. The van der Waals surface area contributed by atoms with Crippen LogP contribution in [0.3, 0.4) is 0 Å². The van der Waals surface area contributed by atoms with Gasteiger partial charge in [-0.1, -0.05) is 37.3 Å². The molecule has 21 heavy (non-hydrogen) atoms. The Morgan fingerprint density at radius 2 is 1.71 bits per heavy atom. The number of carbonyl (C=O) groups excluding carboxylic acids is 1. The first-order valence-electron chi connectivity index (χ1n) is 7.25. The molecule has 0 aromatic heterocycles. The quantitative estimate of drug-likeness (QED) is 0.409. The highest BCUT2D eigenvalue weighted by atomic mass is 28.3. The van der Waals surface area contributed by atoms with Gasteiger partial charge in [0.05, 0.1) is 12.2 Å². The number of esters is 1. The van der Waals surface area contributed by atoms with Crippen LogP contribution in [0.4, 0.5) is 8.78 Å². The summed E-state index contributed by atoms with van der Waals surface area (Å²) < 4.78 is 32.6. The molecule has 0 fully saturated rings. The molecular weight excluding hydrogens is 290 g/mol. The molecule has 0 N–H and O–H groups in total. The average molecular weight is 314 g/mol. The van der Waals surface area contributed by atoms with Crippen LogP contribution in [0.25, 0.3) is 0 Å². The molecule has 0 aliphatic heterocycles. The molecule has 5 heteroatoms. The Morgan fingerprint density at radius 3 is 2.24 bits per heavy atom. The number of alkyl halides is 2. The van der Waals surface area contributed by atoms with E-state index in [-0.39, 0.29) is 13.0 Å². The zero-order valence-corrected chi connectivity index (χ0v) is 14.2. The van der Waals surface area contributed by atoms with E-state index in [1.807, 2.05) is 19.1 Å². The second-order valence-corrected chi connectivity index (χ2v) is 11.6. The summed E-state index contributed by atoms with van der Waals surface area (Å²) in [5, 5.41) is 0. The summed E-state index contributed by atoms with van der Waals surface area (Å²) in [6.45, 7) is 7.14. The van der Waals surface area contributed by atoms with Crippen molar-refractivity contribution in [2.45, 2.75) is 51.4 Å². The zero-order chi connectivity index (χ0) is 16.1. The Hall–Kier alpha value is -1.23. The number of benzene rings is 1. The molecule has 0 bridgehead atoms. The van der Waals surface area contributed by atoms with Gasteiger partial charge < -0.3 is 4.74 Å². The van der Waals surface area contributed by atoms with E-state index in [1.54, 1.807) is 31.8 Å². The third-order valence-electron chi connectivity index (χ3n) is 3.50. The highest BCUT2D eigenvalue weighted by molar-refractivity contribution is 6.78. The summed E-state index contributed by atoms with van der Waals surface area (Å²) in [6.07, 6.45) is 0.723. The standard InChI is InChI=1S/C16H24F2O2Si/c1-13-7-9-14(10-8-13)15(19)20-12-6-5-11-16(17,18)21(2,3)4/h7-10H,5-6,11-12H2,1-4H3. The fourth-order valence-electron chi connectivity index (χ4n) is 1.76. The number of ether oxygens (including phenoxy) is 1. The number of aryl methyl sites for hydroxylation is 1. The molecule has 0 amide bonds. The predicted molar refractivity (Wildman–Crippen MR) is 83.6 cm³/mol. The topological polar surface area (TPSA) is 26.3 Å². The van der Waals surface area contributed by atoms with Crippen molar-refractivity contribution in [2.75, 3.05) is 6.61 Å². The maximum atomic E-state index is 13.8. The minimum atomic E-state index is -2.56. The lowest BCUT2D eigenvalue weighted by molar-refractivity contribution is 0.0464. The lowest BCUT2D eigenvalue weighted by atomic mass is 10.1. The Labute approximate surface area is 126 Å². The van der Waals surface area contributed by atoms with Gasteiger partial charge in [-0.3, -0.25) is 0 Å². The molecular formula is C16H24F2O2Si. The smallest absolute Gasteiger partial charge is 0.338 e. The van der Waals surface area contributed by atoms with Gasteiger partial charge in [-0.15, -0.1) is 0 Å². The Kier molecular flexibility index (Phi) is 6.07. The van der Waals surface area contributed by atoms with Crippen LogP contribution >= 0.6 is 0 Å². The van der Waals surface area contributed by atoms with E-state index in [1.165, 1.54) is 0 Å². The molecule has 0 spiro atoms. The summed E-state index contributed by atoms with van der Waals surface area (Å²) in [5.74, 6) is -0.396. The molecule has 1 aromatic carbocycles. The maximum absolute atomic E-state index is 13.8. The summed E-state index contributed by atoms with van der Waals surface area (Å²) in [4.78, 5) is 11.7. The molecule has 0 unspecified atom stereocenters. The minimum absolute atomic E-state index is 0.120. The molecule has 0 heterocycles. The lowest BCUT2D eigenvalue weighted by Crippen LogP contribution is -2.44. The largest absolute Gasteiger partial charge is 0.462 e. The first kappa shape index (κ1) is 17.8. The van der Waals surface area contributed by atoms with Crippen molar-refractivity contribution in [3.8, 4) is 0 Å². The van der Waals surface area contributed by atoms with Crippen LogP contribution < -0.4 is 0 Å². The maximum Gasteiger partial charge on any atom is 0.338 e. The van der Waals surface area contributed by atoms with Crippen LogP contribution in [0.15, 0.2) is 24.3 Å². The number of unbranched alkanes of at least 4 members (excludes halogenated alkanes) is 1. The van der Waals surface area contributed by atoms with Crippen molar-refractivity contribution in [3.05, 3.63) is 35.4 Å². The van der Waals surface area contributed by atoms with Crippen LogP contribution in [0.2, 0.25) is 19.6 Å². The van der Waals surface area contributed by atoms with E-state index in [4.69, 9.17) is 4.74 Å². The van der Waals surface area contributed by atoms with Gasteiger partial charge in [-0.05, 0) is 31.9 Å². The zero-order valence-electron chi connectivity index (χ0n) is 13.2. The average Bonchev–Trinajstić information content (AvgIpc) is 2.37. The SMILES string of the molecule is Cc1ccc(C(=O)OCCCCC(F)(F)[Si](C)(C)C)cc1. The normalized spacial score (nSPS) is 12.3. The van der Waals surface area contributed by atoms with Crippen molar-refractivity contribution in [2.24, 2.45) is 0 Å². The van der Waals surface area contributed by atoms with Gasteiger partial charge >= 0.3 is 5.97 Å². The third kappa shape index (κ3) is 5.57. The number of rotatable bonds is 7. The van der Waals surface area contributed by atoms with Gasteiger partial charge in [0.2, 0.25) is 5.55 Å². The Balaban J connectivity index is 2.29. The van der Waals surface area contributed by atoms with Crippen molar-refractivity contribution in [1.29, 1.82) is 0 Å². The fourth-order valence-corrected chi connectivity index (χ4v) is 2.69. The van der Waals surface area contributed by atoms with Gasteiger partial charge in [-0.2, -0.15) is 0 Å². The van der Waals surface area contributed by atoms with Crippen LogP contribution in [-0.2, 0) is 4.74 Å². The van der Waals surface area contributed by atoms with E-state index in [9.17, 15) is 13.6 Å². The monoisotopic (exact) mass is 314 g/mol. The minimum Gasteiger partial charge on any atom is -0.462 e. The molecule has 0 saturated heterocycles. The Bertz CT molecular complexity index is 464. The molecule has 2 nitrogen and oxygen atoms in total. The molecule has 0 aliphatic carbocycles. The highest BCUT2D eigenvalue weighted by Gasteiger charge is 2.43. The van der Waals surface area contributed by atoms with Crippen molar-refractivity contribution in [1.82, 2.24) is 0 Å². The van der Waals surface area contributed by atoms with Crippen molar-refractivity contribution >= 4 is 14.0 Å². The van der Waals surface area contributed by atoms with Gasteiger partial charge in [0.25, 0.3) is 0 Å². The number of halogens is 2. The van der Waals surface area contributed by atoms with E-state index in [2.05, 4.69) is 0 Å². The number of carbonyl (C=O) groups is 1. The van der Waals surface area contributed by atoms with Crippen LogP contribution in [0.5, 0.6) is 0 Å². The number of hydrogen-bond acceptors (Lipinski definition) is 2. The van der Waals surface area contributed by atoms with Gasteiger partial charge in [0.1, 0.15) is 8.07 Å². The van der Waals surface area contributed by atoms with Gasteiger partial charge in [-0.25, -0.2) is 13.6 Å². The van der Waals surface area contributed by atoms with E-state index in [0.717, 1.165) is 5.56 Å². The Morgan fingerprint density at radius 1 is 1.14 bits per heavy atom. The molecule has 1 aromatic rings. The van der Waals surface area contributed by atoms with Crippen molar-refractivity contribution in [3.63, 3.8) is 0 Å². The summed E-state index contributed by atoms with van der Waals surface area (Å²) in [6, 6.07) is 7.09. The van der Waals surface area contributed by atoms with Gasteiger partial charge in [0, 0.05) is 6.42 Å². The third-order valence-corrected chi connectivity index (χ3v) is 5.95. The molecule has 118 valence electrons.